The van der Waals surface area contributed by atoms with Crippen molar-refractivity contribution in [2.45, 2.75) is 12.6 Å². The molecule has 0 aliphatic heterocycles. The number of hydrogen-bond acceptors (Lipinski definition) is 3. The van der Waals surface area contributed by atoms with Crippen LogP contribution in [0.3, 0.4) is 0 Å². The van der Waals surface area contributed by atoms with Crippen molar-refractivity contribution in [1.82, 2.24) is 5.32 Å². The third-order valence-corrected chi connectivity index (χ3v) is 3.86. The molecule has 114 valence electrons. The number of halogens is 5. The van der Waals surface area contributed by atoms with E-state index < -0.39 is 30.6 Å². The zero-order chi connectivity index (χ0) is 15.8. The lowest BCUT2D eigenvalue weighted by Crippen LogP contribution is -2.28. The van der Waals surface area contributed by atoms with Gasteiger partial charge < -0.3 is 11.1 Å². The van der Waals surface area contributed by atoms with Crippen molar-refractivity contribution in [3.05, 3.63) is 28.6 Å². The van der Waals surface area contributed by atoms with Crippen molar-refractivity contribution < 1.29 is 26.7 Å². The largest absolute Gasteiger partial charge is 0.416 e. The Morgan fingerprint density at radius 2 is 2.00 bits per heavy atom. The number of thiophene rings is 1. The van der Waals surface area contributed by atoms with Crippen molar-refractivity contribution in [2.75, 3.05) is 12.3 Å². The van der Waals surface area contributed by atoms with E-state index in [9.17, 15) is 26.7 Å². The molecule has 9 heteroatoms. The Bertz CT molecular complexity index is 680. The van der Waals surface area contributed by atoms with Gasteiger partial charge in [-0.1, -0.05) is 0 Å². The Balaban J connectivity index is 2.39. The number of benzene rings is 1. The van der Waals surface area contributed by atoms with E-state index in [-0.39, 0.29) is 16.0 Å². The van der Waals surface area contributed by atoms with Gasteiger partial charge in [0.2, 0.25) is 0 Å². The monoisotopic (exact) mass is 324 g/mol. The van der Waals surface area contributed by atoms with E-state index >= 15 is 0 Å². The maximum absolute atomic E-state index is 12.6. The minimum absolute atomic E-state index is 0.0787. The van der Waals surface area contributed by atoms with Crippen molar-refractivity contribution in [2.24, 2.45) is 0 Å². The van der Waals surface area contributed by atoms with Gasteiger partial charge in [0.1, 0.15) is 4.88 Å². The van der Waals surface area contributed by atoms with Crippen LogP contribution >= 0.6 is 11.3 Å². The second kappa shape index (κ2) is 5.47. The number of rotatable bonds is 3. The van der Waals surface area contributed by atoms with Crippen LogP contribution in [0.2, 0.25) is 0 Å². The summed E-state index contributed by atoms with van der Waals surface area (Å²) in [5.41, 5.74) is 4.62. The molecule has 3 N–H and O–H groups in total. The first-order valence-corrected chi connectivity index (χ1v) is 6.47. The van der Waals surface area contributed by atoms with Gasteiger partial charge in [-0.25, -0.2) is 8.78 Å². The lowest BCUT2D eigenvalue weighted by Gasteiger charge is -2.06. The lowest BCUT2D eigenvalue weighted by molar-refractivity contribution is -0.137. The van der Waals surface area contributed by atoms with E-state index in [1.54, 1.807) is 0 Å². The van der Waals surface area contributed by atoms with Crippen LogP contribution in [-0.2, 0) is 6.18 Å². The summed E-state index contributed by atoms with van der Waals surface area (Å²) < 4.78 is 62.3. The fourth-order valence-electron chi connectivity index (χ4n) is 1.71. The van der Waals surface area contributed by atoms with Crippen LogP contribution in [0.25, 0.3) is 10.1 Å². The third kappa shape index (κ3) is 3.23. The average molecular weight is 324 g/mol. The SMILES string of the molecule is Nc1c(C(=O)NCC(F)F)sc2ccc(C(F)(F)F)cc12. The zero-order valence-corrected chi connectivity index (χ0v) is 11.1. The quantitative estimate of drug-likeness (QED) is 0.849. The molecule has 3 nitrogen and oxygen atoms in total. The number of carbonyl (C=O) groups is 1. The molecule has 0 radical (unpaired) electrons. The predicted octanol–water partition coefficient (Wildman–Crippen LogP) is 3.50. The van der Waals surface area contributed by atoms with E-state index in [1.165, 1.54) is 6.07 Å². The van der Waals surface area contributed by atoms with Gasteiger partial charge in [-0.15, -0.1) is 11.3 Å². The number of amides is 1. The van der Waals surface area contributed by atoms with E-state index in [2.05, 4.69) is 0 Å². The first-order chi connectivity index (χ1) is 9.70. The highest BCUT2D eigenvalue weighted by molar-refractivity contribution is 7.21. The average Bonchev–Trinajstić information content (AvgIpc) is 2.72. The van der Waals surface area contributed by atoms with Gasteiger partial charge in [0.05, 0.1) is 17.8 Å². The number of fused-ring (bicyclic) bond motifs is 1. The molecule has 2 aromatic rings. The minimum Gasteiger partial charge on any atom is -0.397 e. The van der Waals surface area contributed by atoms with Gasteiger partial charge in [0.15, 0.2) is 0 Å². The second-order valence-corrected chi connectivity index (χ2v) is 5.21. The van der Waals surface area contributed by atoms with Crippen molar-refractivity contribution in [3.8, 4) is 0 Å². The molecule has 1 heterocycles. The first kappa shape index (κ1) is 15.5. The standard InChI is InChI=1S/C12H9F5N2OS/c13-8(14)4-19-11(20)10-9(18)6-3-5(12(15,16)17)1-2-7(6)21-10/h1-3,8H,4,18H2,(H,19,20). The predicted molar refractivity (Wildman–Crippen MR) is 69.6 cm³/mol. The van der Waals surface area contributed by atoms with Crippen LogP contribution in [0.5, 0.6) is 0 Å². The third-order valence-electron chi connectivity index (χ3n) is 2.68. The topological polar surface area (TPSA) is 55.1 Å². The molecule has 0 aliphatic carbocycles. The number of carbonyl (C=O) groups excluding carboxylic acids is 1. The molecular weight excluding hydrogens is 315 g/mol. The summed E-state index contributed by atoms with van der Waals surface area (Å²) in [6, 6.07) is 2.91. The number of nitrogen functional groups attached to an aromatic ring is 1. The maximum atomic E-state index is 12.6. The van der Waals surface area contributed by atoms with E-state index in [1.807, 2.05) is 5.32 Å². The smallest absolute Gasteiger partial charge is 0.397 e. The Labute approximate surface area is 119 Å². The molecule has 0 saturated heterocycles. The molecule has 0 bridgehead atoms. The first-order valence-electron chi connectivity index (χ1n) is 5.65. The normalized spacial score (nSPS) is 12.1. The van der Waals surface area contributed by atoms with Crippen molar-refractivity contribution in [3.63, 3.8) is 0 Å². The summed E-state index contributed by atoms with van der Waals surface area (Å²) in [6.45, 7) is -0.847. The maximum Gasteiger partial charge on any atom is 0.416 e. The fraction of sp³-hybridized carbons (Fsp3) is 0.250. The molecule has 2 rings (SSSR count). The summed E-state index contributed by atoms with van der Waals surface area (Å²) in [4.78, 5) is 11.6. The highest BCUT2D eigenvalue weighted by Crippen LogP contribution is 2.38. The van der Waals surface area contributed by atoms with Crippen LogP contribution < -0.4 is 11.1 Å². The van der Waals surface area contributed by atoms with Crippen molar-refractivity contribution in [1.29, 1.82) is 0 Å². The van der Waals surface area contributed by atoms with Crippen LogP contribution in [0, 0.1) is 0 Å². The second-order valence-electron chi connectivity index (χ2n) is 4.15. The highest BCUT2D eigenvalue weighted by atomic mass is 32.1. The Morgan fingerprint density at radius 1 is 1.33 bits per heavy atom. The van der Waals surface area contributed by atoms with Crippen LogP contribution in [-0.4, -0.2) is 18.9 Å². The minimum atomic E-state index is -4.53. The summed E-state index contributed by atoms with van der Waals surface area (Å²) in [6.07, 6.45) is -7.25. The summed E-state index contributed by atoms with van der Waals surface area (Å²) in [5, 5.41) is 2.04. The number of alkyl halides is 5. The molecule has 0 atom stereocenters. The van der Waals surface area contributed by atoms with E-state index in [0.717, 1.165) is 23.5 Å². The van der Waals surface area contributed by atoms with E-state index in [0.29, 0.717) is 4.70 Å². The van der Waals surface area contributed by atoms with Gasteiger partial charge in [0.25, 0.3) is 12.3 Å². The highest BCUT2D eigenvalue weighted by Gasteiger charge is 2.31. The molecule has 0 aliphatic rings. The summed E-state index contributed by atoms with van der Waals surface area (Å²) in [7, 11) is 0. The summed E-state index contributed by atoms with van der Waals surface area (Å²) >= 11 is 0.854. The van der Waals surface area contributed by atoms with Gasteiger partial charge >= 0.3 is 6.18 Å². The molecule has 0 fully saturated rings. The zero-order valence-electron chi connectivity index (χ0n) is 10.3. The molecule has 0 unspecified atom stereocenters. The number of hydrogen-bond donors (Lipinski definition) is 2. The Hall–Kier alpha value is -1.90. The number of nitrogens with two attached hydrogens (primary N) is 1. The molecule has 1 amide bonds. The molecule has 1 aromatic heterocycles. The summed E-state index contributed by atoms with van der Waals surface area (Å²) in [5.74, 6) is -0.831. The van der Waals surface area contributed by atoms with Gasteiger partial charge in [0, 0.05) is 10.1 Å². The Kier molecular flexibility index (Phi) is 4.04. The number of nitrogens with one attached hydrogen (secondary N) is 1. The number of anilines is 1. The molecular formula is C12H9F5N2OS. The van der Waals surface area contributed by atoms with Crippen LogP contribution in [0.1, 0.15) is 15.2 Å². The lowest BCUT2D eigenvalue weighted by atomic mass is 10.1. The molecule has 21 heavy (non-hydrogen) atoms. The fourth-order valence-corrected chi connectivity index (χ4v) is 2.73. The Morgan fingerprint density at radius 3 is 2.57 bits per heavy atom. The van der Waals surface area contributed by atoms with Gasteiger partial charge in [-0.05, 0) is 18.2 Å². The van der Waals surface area contributed by atoms with Crippen LogP contribution in [0.4, 0.5) is 27.6 Å². The van der Waals surface area contributed by atoms with Gasteiger partial charge in [-0.3, -0.25) is 4.79 Å². The van der Waals surface area contributed by atoms with Crippen molar-refractivity contribution >= 4 is 33.0 Å². The van der Waals surface area contributed by atoms with E-state index in [4.69, 9.17) is 5.73 Å². The molecule has 1 aromatic carbocycles. The molecule has 0 saturated carbocycles. The van der Waals surface area contributed by atoms with Gasteiger partial charge in [-0.2, -0.15) is 13.2 Å². The van der Waals surface area contributed by atoms with Crippen LogP contribution in [0.15, 0.2) is 18.2 Å². The molecule has 0 spiro atoms.